The SMILES string of the molecule is CNCc1ccc(-c2ncnc3c(C)c(-c4cnc(OC)c(NSc5ccc(F)c(C=O)c5)c4)sc23)s1. The third-order valence-electron chi connectivity index (χ3n) is 5.63. The van der Waals surface area contributed by atoms with Crippen LogP contribution >= 0.6 is 34.6 Å². The summed E-state index contributed by atoms with van der Waals surface area (Å²) < 4.78 is 23.4. The molecule has 37 heavy (non-hydrogen) atoms. The number of carbonyl (C=O) groups excluding carboxylic acids is 1. The molecule has 0 atom stereocenters. The number of aryl methyl sites for hydroxylation is 1. The lowest BCUT2D eigenvalue weighted by atomic mass is 10.1. The number of halogens is 1. The summed E-state index contributed by atoms with van der Waals surface area (Å²) in [6.07, 6.45) is 3.89. The summed E-state index contributed by atoms with van der Waals surface area (Å²) in [5.41, 5.74) is 4.46. The van der Waals surface area contributed by atoms with Crippen molar-refractivity contribution in [2.24, 2.45) is 0 Å². The highest BCUT2D eigenvalue weighted by molar-refractivity contribution is 8.00. The van der Waals surface area contributed by atoms with E-state index in [1.807, 2.05) is 13.1 Å². The molecule has 0 saturated heterocycles. The maximum absolute atomic E-state index is 13.7. The Kier molecular flexibility index (Phi) is 7.47. The monoisotopic (exact) mass is 551 g/mol. The van der Waals surface area contributed by atoms with Gasteiger partial charge >= 0.3 is 0 Å². The summed E-state index contributed by atoms with van der Waals surface area (Å²) in [5.74, 6) is -0.132. The number of ether oxygens (including phenoxy) is 1. The highest BCUT2D eigenvalue weighted by Crippen LogP contribution is 2.43. The minimum atomic E-state index is -0.552. The van der Waals surface area contributed by atoms with Crippen LogP contribution < -0.4 is 14.8 Å². The normalized spacial score (nSPS) is 11.1. The van der Waals surface area contributed by atoms with Gasteiger partial charge in [0.1, 0.15) is 23.5 Å². The standard InChI is InChI=1S/C26H22FN5O2S3/c1-14-22-25(23(31-13-30-22)21-7-5-18(35-21)11-28-2)36-24(14)15-9-20(26(34-3)29-10-15)32-37-17-4-6-19(27)16(8-17)12-33/h4-10,12-13,28,32H,11H2,1-3H3. The number of rotatable bonds is 9. The number of carbonyl (C=O) groups is 1. The van der Waals surface area contributed by atoms with Crippen LogP contribution in [0, 0.1) is 12.7 Å². The van der Waals surface area contributed by atoms with E-state index in [-0.39, 0.29) is 5.56 Å². The molecular formula is C26H22FN5O2S3. The number of methoxy groups -OCH3 is 1. The Bertz CT molecular complexity index is 1600. The Labute approximate surface area is 225 Å². The van der Waals surface area contributed by atoms with Gasteiger partial charge in [-0.05, 0) is 67.9 Å². The topological polar surface area (TPSA) is 89.0 Å². The quantitative estimate of drug-likeness (QED) is 0.157. The largest absolute Gasteiger partial charge is 0.480 e. The zero-order chi connectivity index (χ0) is 25.9. The fraction of sp³-hybridized carbons (Fsp3) is 0.154. The summed E-state index contributed by atoms with van der Waals surface area (Å²) in [6.45, 7) is 2.87. The summed E-state index contributed by atoms with van der Waals surface area (Å²) in [4.78, 5) is 28.9. The van der Waals surface area contributed by atoms with Crippen molar-refractivity contribution in [2.45, 2.75) is 18.4 Å². The van der Waals surface area contributed by atoms with Crippen LogP contribution in [0.25, 0.3) is 31.2 Å². The van der Waals surface area contributed by atoms with E-state index in [9.17, 15) is 9.18 Å². The molecule has 0 aliphatic rings. The second-order valence-electron chi connectivity index (χ2n) is 8.04. The van der Waals surface area contributed by atoms with Crippen LogP contribution in [0.15, 0.2) is 53.8 Å². The van der Waals surface area contributed by atoms with Crippen molar-refractivity contribution in [3.63, 3.8) is 0 Å². The van der Waals surface area contributed by atoms with Crippen LogP contribution in [0.1, 0.15) is 20.8 Å². The number of fused-ring (bicyclic) bond motifs is 1. The van der Waals surface area contributed by atoms with E-state index in [1.165, 1.54) is 29.0 Å². The van der Waals surface area contributed by atoms with E-state index in [0.717, 1.165) is 43.3 Å². The number of aromatic nitrogens is 3. The van der Waals surface area contributed by atoms with Gasteiger partial charge in [-0.3, -0.25) is 4.79 Å². The van der Waals surface area contributed by atoms with Crippen molar-refractivity contribution < 1.29 is 13.9 Å². The Morgan fingerprint density at radius 2 is 2.00 bits per heavy atom. The Morgan fingerprint density at radius 1 is 1.14 bits per heavy atom. The van der Waals surface area contributed by atoms with E-state index in [1.54, 1.807) is 48.4 Å². The molecule has 0 bridgehead atoms. The molecule has 11 heteroatoms. The van der Waals surface area contributed by atoms with E-state index < -0.39 is 5.82 Å². The first-order valence-electron chi connectivity index (χ1n) is 11.2. The van der Waals surface area contributed by atoms with Crippen LogP contribution in [0.4, 0.5) is 10.1 Å². The molecule has 0 amide bonds. The van der Waals surface area contributed by atoms with Gasteiger partial charge in [0.2, 0.25) is 5.88 Å². The van der Waals surface area contributed by atoms with E-state index >= 15 is 0 Å². The van der Waals surface area contributed by atoms with Crippen LogP contribution in [0.2, 0.25) is 0 Å². The van der Waals surface area contributed by atoms with Gasteiger partial charge in [-0.15, -0.1) is 22.7 Å². The fourth-order valence-electron chi connectivity index (χ4n) is 3.85. The molecule has 5 aromatic rings. The van der Waals surface area contributed by atoms with Gasteiger partial charge in [0.15, 0.2) is 6.29 Å². The minimum Gasteiger partial charge on any atom is -0.480 e. The maximum atomic E-state index is 13.7. The Hall–Kier alpha value is -3.38. The zero-order valence-corrected chi connectivity index (χ0v) is 22.6. The maximum Gasteiger partial charge on any atom is 0.237 e. The summed E-state index contributed by atoms with van der Waals surface area (Å²) in [6, 6.07) is 10.6. The molecule has 0 aliphatic heterocycles. The smallest absolute Gasteiger partial charge is 0.237 e. The third-order valence-corrected chi connectivity index (χ3v) is 8.87. The van der Waals surface area contributed by atoms with Gasteiger partial charge in [-0.1, -0.05) is 0 Å². The van der Waals surface area contributed by atoms with Crippen LogP contribution in [0.3, 0.4) is 0 Å². The molecule has 1 aromatic carbocycles. The highest BCUT2D eigenvalue weighted by Gasteiger charge is 2.19. The lowest BCUT2D eigenvalue weighted by Crippen LogP contribution is -2.02. The predicted octanol–water partition coefficient (Wildman–Crippen LogP) is 6.59. The molecule has 0 fully saturated rings. The van der Waals surface area contributed by atoms with Crippen molar-refractivity contribution >= 4 is 56.8 Å². The average Bonchev–Trinajstić information content (AvgIpc) is 3.52. The number of aldehydes is 1. The van der Waals surface area contributed by atoms with Crippen molar-refractivity contribution in [3.05, 3.63) is 70.7 Å². The van der Waals surface area contributed by atoms with Crippen molar-refractivity contribution in [1.29, 1.82) is 0 Å². The Morgan fingerprint density at radius 3 is 2.78 bits per heavy atom. The zero-order valence-electron chi connectivity index (χ0n) is 20.2. The van der Waals surface area contributed by atoms with Crippen molar-refractivity contribution in [1.82, 2.24) is 20.3 Å². The number of nitrogens with zero attached hydrogens (tertiary/aromatic N) is 3. The Balaban J connectivity index is 1.50. The molecule has 0 aliphatic carbocycles. The van der Waals surface area contributed by atoms with Gasteiger partial charge in [-0.2, -0.15) is 0 Å². The first-order valence-corrected chi connectivity index (χ1v) is 13.7. The van der Waals surface area contributed by atoms with Gasteiger partial charge < -0.3 is 14.8 Å². The van der Waals surface area contributed by atoms with E-state index in [0.29, 0.717) is 22.7 Å². The second kappa shape index (κ2) is 10.9. The number of hydrogen-bond acceptors (Lipinski definition) is 10. The molecule has 0 saturated carbocycles. The number of hydrogen-bond donors (Lipinski definition) is 2. The lowest BCUT2D eigenvalue weighted by molar-refractivity contribution is 0.111. The summed E-state index contributed by atoms with van der Waals surface area (Å²) in [7, 11) is 3.49. The number of benzene rings is 1. The molecule has 7 nitrogen and oxygen atoms in total. The fourth-order valence-corrected chi connectivity index (χ4v) is 6.88. The molecule has 2 N–H and O–H groups in total. The van der Waals surface area contributed by atoms with Crippen LogP contribution in [-0.2, 0) is 6.54 Å². The summed E-state index contributed by atoms with van der Waals surface area (Å²) >= 11 is 4.60. The minimum absolute atomic E-state index is 0.00673. The van der Waals surface area contributed by atoms with Gasteiger partial charge in [0.05, 0.1) is 27.8 Å². The second-order valence-corrected chi connectivity index (χ2v) is 11.1. The van der Waals surface area contributed by atoms with Gasteiger partial charge in [0, 0.05) is 33.0 Å². The number of thiophene rings is 2. The lowest BCUT2D eigenvalue weighted by Gasteiger charge is -2.11. The highest BCUT2D eigenvalue weighted by atomic mass is 32.2. The molecule has 4 aromatic heterocycles. The third kappa shape index (κ3) is 5.08. The van der Waals surface area contributed by atoms with Gasteiger partial charge in [-0.25, -0.2) is 19.3 Å². The average molecular weight is 552 g/mol. The first-order chi connectivity index (χ1) is 18.0. The molecular weight excluding hydrogens is 530 g/mol. The van der Waals surface area contributed by atoms with Gasteiger partial charge in [0.25, 0.3) is 0 Å². The van der Waals surface area contributed by atoms with Crippen LogP contribution in [-0.4, -0.2) is 35.4 Å². The molecule has 0 spiro atoms. The molecule has 188 valence electrons. The number of pyridine rings is 1. The summed E-state index contributed by atoms with van der Waals surface area (Å²) in [5, 5.41) is 3.19. The number of anilines is 1. The molecule has 0 unspecified atom stereocenters. The molecule has 0 radical (unpaired) electrons. The first kappa shape index (κ1) is 25.3. The number of nitrogens with one attached hydrogen (secondary N) is 2. The predicted molar refractivity (Wildman–Crippen MR) is 149 cm³/mol. The van der Waals surface area contributed by atoms with E-state index in [4.69, 9.17) is 4.74 Å². The molecule has 4 heterocycles. The van der Waals surface area contributed by atoms with Crippen molar-refractivity contribution in [3.8, 4) is 26.9 Å². The van der Waals surface area contributed by atoms with E-state index in [2.05, 4.69) is 44.0 Å². The molecule has 5 rings (SSSR count). The van der Waals surface area contributed by atoms with Crippen molar-refractivity contribution in [2.75, 3.05) is 18.9 Å². The van der Waals surface area contributed by atoms with Crippen LogP contribution in [0.5, 0.6) is 5.88 Å².